The largest absolute Gasteiger partial charge is 0.480 e. The maximum Gasteiger partial charge on any atom is 0.407 e. The Morgan fingerprint density at radius 1 is 0.472 bits per heavy atom. The Morgan fingerprint density at radius 2 is 0.792 bits per heavy atom. The van der Waals surface area contributed by atoms with Gasteiger partial charge < -0.3 is 46.6 Å². The minimum absolute atomic E-state index is 0.0693. The van der Waals surface area contributed by atoms with Crippen molar-refractivity contribution in [3.8, 4) is 0 Å². The minimum atomic E-state index is -1.22. The second-order valence-electron chi connectivity index (χ2n) is 13.0. The predicted octanol–water partition coefficient (Wildman–Crippen LogP) is -3.77. The number of carboxylic acids is 3. The molecule has 1 aliphatic carbocycles. The standard InChI is InChI=1S/C32H55N9O12/c42-25(33-6-7-34-32(52)53-23-24-4-2-1-3-5-24)19-38-8-10-39(20-26(43)35-16-29(46)47)12-14-41(22-28(45)37-18-31(50)51)15-13-40(11-9-38)21-27(44)36-17-30(48)49/h24H,1-23H2,(H,33,42)(H,34,52)(H,35,43)(H,36,44)(H,37,45)(H,46,47)(H,48,49)(H,50,51). The zero-order chi connectivity index (χ0) is 39.0. The molecule has 2 aliphatic rings. The number of alkyl carbamates (subject to hydrolysis) is 1. The van der Waals surface area contributed by atoms with Crippen LogP contribution in [0.15, 0.2) is 0 Å². The number of carbonyl (C=O) groups excluding carboxylic acids is 5. The van der Waals surface area contributed by atoms with Crippen LogP contribution >= 0.6 is 0 Å². The van der Waals surface area contributed by atoms with Crippen LogP contribution < -0.4 is 26.6 Å². The fourth-order valence-electron chi connectivity index (χ4n) is 5.73. The van der Waals surface area contributed by atoms with Gasteiger partial charge in [-0.25, -0.2) is 4.79 Å². The number of nitrogens with zero attached hydrogens (tertiary/aromatic N) is 4. The molecule has 0 radical (unpaired) electrons. The van der Waals surface area contributed by atoms with Gasteiger partial charge in [0, 0.05) is 65.4 Å². The van der Waals surface area contributed by atoms with Crippen molar-refractivity contribution in [2.75, 3.05) is 118 Å². The summed E-state index contributed by atoms with van der Waals surface area (Å²) < 4.78 is 5.31. The lowest BCUT2D eigenvalue weighted by atomic mass is 9.90. The Hall–Kier alpha value is -4.60. The molecule has 0 atom stereocenters. The Labute approximate surface area is 308 Å². The lowest BCUT2D eigenvalue weighted by Crippen LogP contribution is -2.52. The van der Waals surface area contributed by atoms with E-state index < -0.39 is 61.4 Å². The van der Waals surface area contributed by atoms with Crippen LogP contribution in [0.2, 0.25) is 0 Å². The molecule has 0 aromatic carbocycles. The molecule has 5 amide bonds. The number of ether oxygens (including phenoxy) is 1. The molecule has 1 saturated carbocycles. The maximum absolute atomic E-state index is 13.0. The lowest BCUT2D eigenvalue weighted by molar-refractivity contribution is -0.138. The highest BCUT2D eigenvalue weighted by atomic mass is 16.5. The first-order valence-corrected chi connectivity index (χ1v) is 17.8. The average molecular weight is 758 g/mol. The van der Waals surface area contributed by atoms with Gasteiger partial charge in [-0.15, -0.1) is 0 Å². The first kappa shape index (κ1) is 44.6. The van der Waals surface area contributed by atoms with Crippen molar-refractivity contribution in [2.45, 2.75) is 32.1 Å². The van der Waals surface area contributed by atoms with Gasteiger partial charge in [0.15, 0.2) is 0 Å². The third-order valence-corrected chi connectivity index (χ3v) is 8.60. The molecule has 0 aromatic rings. The van der Waals surface area contributed by atoms with Crippen LogP contribution in [-0.4, -0.2) is 200 Å². The van der Waals surface area contributed by atoms with Crippen LogP contribution in [0.4, 0.5) is 4.79 Å². The summed E-state index contributed by atoms with van der Waals surface area (Å²) in [5, 5.41) is 39.2. The molecule has 1 aliphatic heterocycles. The van der Waals surface area contributed by atoms with E-state index in [1.807, 2.05) is 4.90 Å². The summed E-state index contributed by atoms with van der Waals surface area (Å²) in [6.07, 6.45) is 5.00. The van der Waals surface area contributed by atoms with E-state index in [1.165, 1.54) is 6.42 Å². The average Bonchev–Trinajstić information content (AvgIpc) is 3.11. The van der Waals surface area contributed by atoms with Crippen molar-refractivity contribution in [2.24, 2.45) is 5.92 Å². The summed E-state index contributed by atoms with van der Waals surface area (Å²) in [7, 11) is 0. The van der Waals surface area contributed by atoms with E-state index in [0.29, 0.717) is 12.5 Å². The van der Waals surface area contributed by atoms with Crippen molar-refractivity contribution in [3.63, 3.8) is 0 Å². The summed E-state index contributed by atoms with van der Waals surface area (Å²) >= 11 is 0. The van der Waals surface area contributed by atoms with E-state index in [2.05, 4.69) is 26.6 Å². The lowest BCUT2D eigenvalue weighted by Gasteiger charge is -2.33. The highest BCUT2D eigenvalue weighted by molar-refractivity contribution is 5.83. The first-order chi connectivity index (χ1) is 25.3. The smallest absolute Gasteiger partial charge is 0.407 e. The van der Waals surface area contributed by atoms with Crippen LogP contribution in [0.1, 0.15) is 32.1 Å². The van der Waals surface area contributed by atoms with Gasteiger partial charge in [-0.3, -0.25) is 53.2 Å². The van der Waals surface area contributed by atoms with E-state index in [1.54, 1.807) is 14.7 Å². The van der Waals surface area contributed by atoms with E-state index in [9.17, 15) is 38.4 Å². The maximum atomic E-state index is 13.0. The SMILES string of the molecule is O=C(O)CNC(=O)CN1CCN(CC(=O)NCCNC(=O)OCC2CCCCC2)CCN(CC(=O)NCC(=O)O)CCN(CC(=O)NCC(=O)O)CC1. The molecule has 8 N–H and O–H groups in total. The van der Waals surface area contributed by atoms with E-state index in [4.69, 9.17) is 20.1 Å². The minimum Gasteiger partial charge on any atom is -0.480 e. The quantitative estimate of drug-likeness (QED) is 0.0588. The number of aliphatic carboxylic acids is 3. The number of carboxylic acid groups (broad SMARTS) is 3. The van der Waals surface area contributed by atoms with Gasteiger partial charge in [0.2, 0.25) is 23.6 Å². The molecule has 0 unspecified atom stereocenters. The second-order valence-corrected chi connectivity index (χ2v) is 13.0. The predicted molar refractivity (Wildman–Crippen MR) is 187 cm³/mol. The summed E-state index contributed by atoms with van der Waals surface area (Å²) in [6.45, 7) is 0.275. The highest BCUT2D eigenvalue weighted by Gasteiger charge is 2.22. The molecule has 21 nitrogen and oxygen atoms in total. The number of rotatable bonds is 19. The van der Waals surface area contributed by atoms with Crippen molar-refractivity contribution in [1.29, 1.82) is 0 Å². The van der Waals surface area contributed by atoms with Crippen LogP contribution in [-0.2, 0) is 38.3 Å². The molecule has 21 heteroatoms. The van der Waals surface area contributed by atoms with Gasteiger partial charge in [-0.05, 0) is 18.8 Å². The molecular weight excluding hydrogens is 702 g/mol. The number of nitrogens with one attached hydrogen (secondary N) is 5. The van der Waals surface area contributed by atoms with Gasteiger partial charge in [0.05, 0.1) is 32.8 Å². The van der Waals surface area contributed by atoms with E-state index in [-0.39, 0.29) is 97.5 Å². The van der Waals surface area contributed by atoms with Gasteiger partial charge in [0.1, 0.15) is 19.6 Å². The van der Waals surface area contributed by atoms with Crippen LogP contribution in [0, 0.1) is 5.92 Å². The number of amides is 5. The Kier molecular flexibility index (Phi) is 21.3. The molecule has 0 spiro atoms. The summed E-state index contributed by atoms with van der Waals surface area (Å²) in [4.78, 5) is 103. The molecule has 2 rings (SSSR count). The zero-order valence-corrected chi connectivity index (χ0v) is 30.1. The van der Waals surface area contributed by atoms with Gasteiger partial charge in [0.25, 0.3) is 0 Å². The zero-order valence-electron chi connectivity index (χ0n) is 30.1. The van der Waals surface area contributed by atoms with Gasteiger partial charge in [-0.1, -0.05) is 19.3 Å². The fourth-order valence-corrected chi connectivity index (χ4v) is 5.73. The molecule has 2 fully saturated rings. The summed E-state index contributed by atoms with van der Waals surface area (Å²) in [6, 6.07) is 0. The third-order valence-electron chi connectivity index (χ3n) is 8.60. The number of hydrogen-bond donors (Lipinski definition) is 8. The van der Waals surface area contributed by atoms with Crippen molar-refractivity contribution >= 4 is 47.6 Å². The van der Waals surface area contributed by atoms with Crippen molar-refractivity contribution < 1.29 is 58.4 Å². The molecular formula is C32H55N9O12. The van der Waals surface area contributed by atoms with Gasteiger partial charge in [-0.2, -0.15) is 0 Å². The van der Waals surface area contributed by atoms with Crippen LogP contribution in [0.5, 0.6) is 0 Å². The van der Waals surface area contributed by atoms with Gasteiger partial charge >= 0.3 is 24.0 Å². The Bertz CT molecular complexity index is 1190. The summed E-state index contributed by atoms with van der Waals surface area (Å²) in [5.41, 5.74) is 0. The van der Waals surface area contributed by atoms with Crippen molar-refractivity contribution in [1.82, 2.24) is 46.2 Å². The van der Waals surface area contributed by atoms with E-state index in [0.717, 1.165) is 25.7 Å². The number of hydrogen-bond acceptors (Lipinski definition) is 13. The van der Waals surface area contributed by atoms with Crippen molar-refractivity contribution in [3.05, 3.63) is 0 Å². The molecule has 0 bridgehead atoms. The molecule has 0 aromatic heterocycles. The molecule has 300 valence electrons. The Morgan fingerprint density at radius 3 is 1.13 bits per heavy atom. The number of carbonyl (C=O) groups is 8. The topological polar surface area (TPSA) is 280 Å². The highest BCUT2D eigenvalue weighted by Crippen LogP contribution is 2.23. The van der Waals surface area contributed by atoms with Crippen LogP contribution in [0.3, 0.4) is 0 Å². The van der Waals surface area contributed by atoms with Crippen LogP contribution in [0.25, 0.3) is 0 Å². The third kappa shape index (κ3) is 22.2. The molecule has 1 heterocycles. The Balaban J connectivity index is 2.07. The second kappa shape index (κ2) is 25.4. The molecule has 53 heavy (non-hydrogen) atoms. The van der Waals surface area contributed by atoms with E-state index >= 15 is 0 Å². The fraction of sp³-hybridized carbons (Fsp3) is 0.750. The first-order valence-electron chi connectivity index (χ1n) is 17.8. The molecule has 1 saturated heterocycles. The normalized spacial score (nSPS) is 17.3. The summed E-state index contributed by atoms with van der Waals surface area (Å²) in [5.74, 6) is -5.26. The monoisotopic (exact) mass is 757 g/mol.